The zero-order valence-electron chi connectivity index (χ0n) is 10.2. The number of phenolic OH excluding ortho intramolecular Hbond substituents is 1. The molecule has 0 bridgehead atoms. The largest absolute Gasteiger partial charge is 0.505 e. The van der Waals surface area contributed by atoms with Crippen molar-refractivity contribution in [1.82, 2.24) is 5.32 Å². The Morgan fingerprint density at radius 1 is 1.47 bits per heavy atom. The quantitative estimate of drug-likeness (QED) is 0.833. The standard InChI is InChI=1S/C13H18FNO2/c1-8-7-9(10-5-3-4-6-15-10)13(17-2)11(14)12(8)16/h7,10,15-16H,3-6H2,1-2H3. The van der Waals surface area contributed by atoms with Gasteiger partial charge in [-0.2, -0.15) is 4.39 Å². The fourth-order valence-electron chi connectivity index (χ4n) is 2.36. The van der Waals surface area contributed by atoms with Crippen molar-refractivity contribution in [3.63, 3.8) is 0 Å². The maximum Gasteiger partial charge on any atom is 0.207 e. The van der Waals surface area contributed by atoms with Crippen molar-refractivity contribution >= 4 is 0 Å². The molecule has 1 aliphatic heterocycles. The molecule has 1 unspecified atom stereocenters. The fourth-order valence-corrected chi connectivity index (χ4v) is 2.36. The molecular weight excluding hydrogens is 221 g/mol. The number of piperidine rings is 1. The summed E-state index contributed by atoms with van der Waals surface area (Å²) in [6.45, 7) is 2.64. The van der Waals surface area contributed by atoms with Gasteiger partial charge in [-0.05, 0) is 37.9 Å². The zero-order chi connectivity index (χ0) is 12.4. The van der Waals surface area contributed by atoms with Gasteiger partial charge in [0.2, 0.25) is 5.82 Å². The monoisotopic (exact) mass is 239 g/mol. The number of hydrogen-bond acceptors (Lipinski definition) is 3. The van der Waals surface area contributed by atoms with Gasteiger partial charge in [-0.25, -0.2) is 0 Å². The van der Waals surface area contributed by atoms with Crippen LogP contribution in [0.2, 0.25) is 0 Å². The maximum absolute atomic E-state index is 13.9. The molecule has 94 valence electrons. The van der Waals surface area contributed by atoms with Crippen molar-refractivity contribution in [1.29, 1.82) is 0 Å². The van der Waals surface area contributed by atoms with Crippen molar-refractivity contribution in [2.45, 2.75) is 32.2 Å². The van der Waals surface area contributed by atoms with E-state index in [2.05, 4.69) is 5.32 Å². The highest BCUT2D eigenvalue weighted by Crippen LogP contribution is 2.38. The van der Waals surface area contributed by atoms with Crippen molar-refractivity contribution in [2.24, 2.45) is 0 Å². The van der Waals surface area contributed by atoms with Gasteiger partial charge in [0, 0.05) is 11.6 Å². The minimum Gasteiger partial charge on any atom is -0.505 e. The fraction of sp³-hybridized carbons (Fsp3) is 0.538. The van der Waals surface area contributed by atoms with E-state index in [4.69, 9.17) is 4.74 Å². The van der Waals surface area contributed by atoms with E-state index in [0.29, 0.717) is 5.56 Å². The summed E-state index contributed by atoms with van der Waals surface area (Å²) < 4.78 is 19.0. The maximum atomic E-state index is 13.9. The van der Waals surface area contributed by atoms with Gasteiger partial charge in [0.05, 0.1) is 7.11 Å². The number of nitrogens with one attached hydrogen (secondary N) is 1. The van der Waals surface area contributed by atoms with E-state index < -0.39 is 5.82 Å². The first-order chi connectivity index (χ1) is 8.15. The van der Waals surface area contributed by atoms with Crippen LogP contribution >= 0.6 is 0 Å². The normalized spacial score (nSPS) is 20.3. The number of halogens is 1. The molecule has 17 heavy (non-hydrogen) atoms. The van der Waals surface area contributed by atoms with Crippen LogP contribution in [-0.2, 0) is 0 Å². The molecule has 0 saturated carbocycles. The Kier molecular flexibility index (Phi) is 3.52. The zero-order valence-corrected chi connectivity index (χ0v) is 10.2. The van der Waals surface area contributed by atoms with Crippen LogP contribution in [0.5, 0.6) is 11.5 Å². The molecule has 0 aromatic heterocycles. The number of ether oxygens (including phenoxy) is 1. The van der Waals surface area contributed by atoms with Crippen LogP contribution < -0.4 is 10.1 Å². The van der Waals surface area contributed by atoms with Crippen LogP contribution in [0.1, 0.15) is 36.4 Å². The van der Waals surface area contributed by atoms with Gasteiger partial charge in [0.15, 0.2) is 11.5 Å². The summed E-state index contributed by atoms with van der Waals surface area (Å²) >= 11 is 0. The number of benzene rings is 1. The highest BCUT2D eigenvalue weighted by molar-refractivity contribution is 5.48. The van der Waals surface area contributed by atoms with Crippen LogP contribution in [0.15, 0.2) is 6.07 Å². The third-order valence-corrected chi connectivity index (χ3v) is 3.30. The average Bonchev–Trinajstić information content (AvgIpc) is 2.36. The van der Waals surface area contributed by atoms with Crippen LogP contribution in [0.3, 0.4) is 0 Å². The number of aromatic hydroxyl groups is 1. The number of aryl methyl sites for hydroxylation is 1. The lowest BCUT2D eigenvalue weighted by Gasteiger charge is -2.26. The predicted molar refractivity (Wildman–Crippen MR) is 63.9 cm³/mol. The highest BCUT2D eigenvalue weighted by atomic mass is 19.1. The molecule has 3 nitrogen and oxygen atoms in total. The van der Waals surface area contributed by atoms with Crippen molar-refractivity contribution in [3.05, 3.63) is 23.0 Å². The van der Waals surface area contributed by atoms with E-state index in [9.17, 15) is 9.50 Å². The van der Waals surface area contributed by atoms with Gasteiger partial charge < -0.3 is 15.2 Å². The third kappa shape index (κ3) is 2.22. The van der Waals surface area contributed by atoms with Crippen molar-refractivity contribution < 1.29 is 14.2 Å². The van der Waals surface area contributed by atoms with Crippen molar-refractivity contribution in [2.75, 3.05) is 13.7 Å². The second-order valence-corrected chi connectivity index (χ2v) is 4.48. The Morgan fingerprint density at radius 3 is 2.82 bits per heavy atom. The number of phenols is 1. The average molecular weight is 239 g/mol. The first-order valence-electron chi connectivity index (χ1n) is 5.94. The Morgan fingerprint density at radius 2 is 2.24 bits per heavy atom. The van der Waals surface area contributed by atoms with E-state index in [0.717, 1.165) is 31.4 Å². The lowest BCUT2D eigenvalue weighted by atomic mass is 9.95. The van der Waals surface area contributed by atoms with Crippen LogP contribution in [-0.4, -0.2) is 18.8 Å². The van der Waals surface area contributed by atoms with Crippen LogP contribution in [0, 0.1) is 12.7 Å². The van der Waals surface area contributed by atoms with Gasteiger partial charge >= 0.3 is 0 Å². The van der Waals surface area contributed by atoms with E-state index in [1.165, 1.54) is 7.11 Å². The smallest absolute Gasteiger partial charge is 0.207 e. The molecule has 1 aromatic carbocycles. The SMILES string of the molecule is COc1c(C2CCCCN2)cc(C)c(O)c1F. The highest BCUT2D eigenvalue weighted by Gasteiger charge is 2.23. The minimum atomic E-state index is -0.658. The molecule has 0 amide bonds. The molecule has 2 rings (SSSR count). The van der Waals surface area contributed by atoms with E-state index >= 15 is 0 Å². The number of hydrogen-bond donors (Lipinski definition) is 2. The van der Waals surface area contributed by atoms with Crippen molar-refractivity contribution in [3.8, 4) is 11.5 Å². The van der Waals surface area contributed by atoms with Crippen LogP contribution in [0.4, 0.5) is 4.39 Å². The Bertz CT molecular complexity index is 414. The first kappa shape index (κ1) is 12.2. The lowest BCUT2D eigenvalue weighted by Crippen LogP contribution is -2.27. The topological polar surface area (TPSA) is 41.5 Å². The van der Waals surface area contributed by atoms with Gasteiger partial charge in [-0.3, -0.25) is 0 Å². The second-order valence-electron chi connectivity index (χ2n) is 4.48. The van der Waals surface area contributed by atoms with Crippen LogP contribution in [0.25, 0.3) is 0 Å². The van der Waals surface area contributed by atoms with Gasteiger partial charge in [-0.15, -0.1) is 0 Å². The molecule has 0 spiro atoms. The van der Waals surface area contributed by atoms with Gasteiger partial charge in [0.1, 0.15) is 0 Å². The molecule has 1 atom stereocenters. The van der Waals surface area contributed by atoms with Gasteiger partial charge in [-0.1, -0.05) is 6.42 Å². The first-order valence-corrected chi connectivity index (χ1v) is 5.94. The molecule has 1 heterocycles. The lowest BCUT2D eigenvalue weighted by molar-refractivity contribution is 0.341. The Labute approximate surface area is 101 Å². The third-order valence-electron chi connectivity index (χ3n) is 3.30. The Balaban J connectivity index is 2.44. The summed E-state index contributed by atoms with van der Waals surface area (Å²) in [6, 6.07) is 1.92. The molecule has 4 heteroatoms. The molecule has 0 radical (unpaired) electrons. The van der Waals surface area contributed by atoms with E-state index in [-0.39, 0.29) is 17.5 Å². The molecule has 1 aliphatic rings. The molecular formula is C13H18FNO2. The summed E-state index contributed by atoms with van der Waals surface area (Å²) in [6.07, 6.45) is 3.25. The molecule has 0 aliphatic carbocycles. The summed E-state index contributed by atoms with van der Waals surface area (Å²) in [7, 11) is 1.43. The van der Waals surface area contributed by atoms with Gasteiger partial charge in [0.25, 0.3) is 0 Å². The predicted octanol–water partition coefficient (Wildman–Crippen LogP) is 2.66. The van der Waals surface area contributed by atoms with E-state index in [1.807, 2.05) is 0 Å². The summed E-state index contributed by atoms with van der Waals surface area (Å²) in [5, 5.41) is 12.9. The molecule has 1 aromatic rings. The molecule has 1 fully saturated rings. The number of rotatable bonds is 2. The summed E-state index contributed by atoms with van der Waals surface area (Å²) in [4.78, 5) is 0. The molecule has 2 N–H and O–H groups in total. The molecule has 1 saturated heterocycles. The number of methoxy groups -OCH3 is 1. The summed E-state index contributed by atoms with van der Waals surface area (Å²) in [5.74, 6) is -0.816. The van der Waals surface area contributed by atoms with E-state index in [1.54, 1.807) is 13.0 Å². The summed E-state index contributed by atoms with van der Waals surface area (Å²) in [5.41, 5.74) is 1.35. The minimum absolute atomic E-state index is 0.118. The Hall–Kier alpha value is -1.29. The second kappa shape index (κ2) is 4.92.